The Labute approximate surface area is 83.4 Å². The number of nitrogens with one attached hydrogen (secondary N) is 1. The smallest absolute Gasteiger partial charge is 0.263 e. The molecule has 1 amide bonds. The molecular weight excluding hydrogens is 232 g/mol. The fourth-order valence-electron chi connectivity index (χ4n) is 0.592. The maximum absolute atomic E-state index is 11.0. The second-order valence-corrected chi connectivity index (χ2v) is 4.26. The van der Waals surface area contributed by atoms with Crippen LogP contribution in [0.3, 0.4) is 0 Å². The van der Waals surface area contributed by atoms with E-state index >= 15 is 0 Å². The molecule has 0 bridgehead atoms. The number of amides is 1. The van der Waals surface area contributed by atoms with E-state index in [0.717, 1.165) is 0 Å². The molecule has 0 aliphatic carbocycles. The quantitative estimate of drug-likeness (QED) is 0.504. The zero-order valence-corrected chi connectivity index (χ0v) is 8.10. The number of carbonyl (C=O) groups excluding carboxylic acids is 1. The summed E-state index contributed by atoms with van der Waals surface area (Å²) in [5.74, 6) is -0.603. The minimum atomic E-state index is -1.63. The first-order chi connectivity index (χ1) is 4.94. The fraction of sp³-hybridized carbons (Fsp3) is 0.400. The SMILES string of the molecule is O=C1NC(Cl)=CC(Cl)C1(Cl)Cl. The standard InChI is InChI=1S/C5H3Cl4NO/c6-2-1-3(7)10-4(11)5(2,8)9/h1-2H,(H,10,11). The Morgan fingerprint density at radius 2 is 2.09 bits per heavy atom. The molecule has 0 aromatic carbocycles. The van der Waals surface area contributed by atoms with E-state index in [9.17, 15) is 4.79 Å². The van der Waals surface area contributed by atoms with Gasteiger partial charge in [0.05, 0.1) is 5.38 Å². The van der Waals surface area contributed by atoms with E-state index < -0.39 is 15.6 Å². The molecule has 1 atom stereocenters. The molecule has 1 aliphatic rings. The minimum Gasteiger partial charge on any atom is -0.314 e. The molecule has 62 valence electrons. The molecular formula is C5H3Cl4NO. The second kappa shape index (κ2) is 3.02. The average molecular weight is 235 g/mol. The van der Waals surface area contributed by atoms with Crippen molar-refractivity contribution in [1.82, 2.24) is 5.32 Å². The number of rotatable bonds is 0. The first-order valence-electron chi connectivity index (χ1n) is 2.65. The van der Waals surface area contributed by atoms with Gasteiger partial charge in [0.1, 0.15) is 5.16 Å². The van der Waals surface area contributed by atoms with Gasteiger partial charge in [0.25, 0.3) is 5.91 Å². The van der Waals surface area contributed by atoms with Gasteiger partial charge in [-0.2, -0.15) is 0 Å². The van der Waals surface area contributed by atoms with Gasteiger partial charge in [0.15, 0.2) is 0 Å². The summed E-state index contributed by atoms with van der Waals surface area (Å²) in [5.41, 5.74) is 0. The van der Waals surface area contributed by atoms with Gasteiger partial charge in [-0.25, -0.2) is 0 Å². The maximum atomic E-state index is 11.0. The molecule has 0 radical (unpaired) electrons. The largest absolute Gasteiger partial charge is 0.314 e. The fourth-order valence-corrected chi connectivity index (χ4v) is 1.31. The Morgan fingerprint density at radius 1 is 1.55 bits per heavy atom. The van der Waals surface area contributed by atoms with Crippen LogP contribution in [0.4, 0.5) is 0 Å². The van der Waals surface area contributed by atoms with Crippen LogP contribution in [0.5, 0.6) is 0 Å². The van der Waals surface area contributed by atoms with Crippen LogP contribution in [0.25, 0.3) is 0 Å². The van der Waals surface area contributed by atoms with Gasteiger partial charge in [-0.1, -0.05) is 34.8 Å². The van der Waals surface area contributed by atoms with Crippen LogP contribution in [-0.2, 0) is 4.79 Å². The summed E-state index contributed by atoms with van der Waals surface area (Å²) >= 11 is 22.2. The highest BCUT2D eigenvalue weighted by Crippen LogP contribution is 2.34. The van der Waals surface area contributed by atoms with Crippen LogP contribution in [0, 0.1) is 0 Å². The Morgan fingerprint density at radius 3 is 2.55 bits per heavy atom. The first-order valence-corrected chi connectivity index (χ1v) is 4.22. The molecule has 0 saturated heterocycles. The number of carbonyl (C=O) groups is 1. The third kappa shape index (κ3) is 1.75. The molecule has 1 unspecified atom stereocenters. The van der Waals surface area contributed by atoms with Crippen molar-refractivity contribution in [3.05, 3.63) is 11.2 Å². The highest BCUT2D eigenvalue weighted by Gasteiger charge is 2.43. The topological polar surface area (TPSA) is 29.1 Å². The van der Waals surface area contributed by atoms with Crippen molar-refractivity contribution in [3.8, 4) is 0 Å². The van der Waals surface area contributed by atoms with Gasteiger partial charge >= 0.3 is 0 Å². The van der Waals surface area contributed by atoms with E-state index in [2.05, 4.69) is 5.32 Å². The summed E-state index contributed by atoms with van der Waals surface area (Å²) < 4.78 is -1.63. The van der Waals surface area contributed by atoms with Crippen molar-refractivity contribution >= 4 is 52.3 Å². The lowest BCUT2D eigenvalue weighted by Crippen LogP contribution is -2.46. The van der Waals surface area contributed by atoms with Gasteiger partial charge < -0.3 is 5.32 Å². The average Bonchev–Trinajstić information content (AvgIpc) is 1.84. The van der Waals surface area contributed by atoms with Gasteiger partial charge in [-0.3, -0.25) is 4.79 Å². The molecule has 0 fully saturated rings. The number of halogens is 4. The monoisotopic (exact) mass is 233 g/mol. The molecule has 2 nitrogen and oxygen atoms in total. The van der Waals surface area contributed by atoms with Crippen LogP contribution in [-0.4, -0.2) is 15.6 Å². The lowest BCUT2D eigenvalue weighted by Gasteiger charge is -2.25. The third-order valence-corrected chi connectivity index (χ3v) is 2.89. The van der Waals surface area contributed by atoms with E-state index in [1.54, 1.807) is 0 Å². The molecule has 1 N–H and O–H groups in total. The third-order valence-electron chi connectivity index (χ3n) is 1.17. The van der Waals surface area contributed by atoms with Crippen molar-refractivity contribution < 1.29 is 4.79 Å². The number of allylic oxidation sites excluding steroid dienone is 1. The van der Waals surface area contributed by atoms with Crippen LogP contribution < -0.4 is 5.32 Å². The highest BCUT2D eigenvalue weighted by atomic mass is 35.5. The van der Waals surface area contributed by atoms with Gasteiger partial charge in [-0.15, -0.1) is 11.6 Å². The highest BCUT2D eigenvalue weighted by molar-refractivity contribution is 6.62. The van der Waals surface area contributed by atoms with E-state index in [1.807, 2.05) is 0 Å². The molecule has 0 spiro atoms. The van der Waals surface area contributed by atoms with E-state index in [0.29, 0.717) is 0 Å². The molecule has 0 aromatic rings. The number of hydrogen-bond donors (Lipinski definition) is 1. The zero-order chi connectivity index (χ0) is 8.65. The molecule has 1 heterocycles. The van der Waals surface area contributed by atoms with Crippen molar-refractivity contribution in [2.75, 3.05) is 0 Å². The minimum absolute atomic E-state index is 0.145. The summed E-state index contributed by atoms with van der Waals surface area (Å²) in [4.78, 5) is 11.0. The van der Waals surface area contributed by atoms with Crippen LogP contribution in [0.1, 0.15) is 0 Å². The van der Waals surface area contributed by atoms with Gasteiger partial charge in [0.2, 0.25) is 4.33 Å². The van der Waals surface area contributed by atoms with Crippen LogP contribution in [0.2, 0.25) is 0 Å². The summed E-state index contributed by atoms with van der Waals surface area (Å²) in [7, 11) is 0. The Hall–Kier alpha value is 0.370. The Kier molecular flexibility index (Phi) is 2.59. The van der Waals surface area contributed by atoms with Crippen LogP contribution in [0.15, 0.2) is 11.2 Å². The Bertz CT molecular complexity index is 225. The van der Waals surface area contributed by atoms with Gasteiger partial charge in [-0.05, 0) is 6.08 Å². The lowest BCUT2D eigenvalue weighted by molar-refractivity contribution is -0.121. The summed E-state index contributed by atoms with van der Waals surface area (Å²) in [6.45, 7) is 0. The van der Waals surface area contributed by atoms with Crippen molar-refractivity contribution in [2.45, 2.75) is 9.71 Å². The maximum Gasteiger partial charge on any atom is 0.263 e. The Balaban J connectivity index is 2.96. The molecule has 11 heavy (non-hydrogen) atoms. The summed E-state index contributed by atoms with van der Waals surface area (Å²) in [6.07, 6.45) is 1.37. The summed E-state index contributed by atoms with van der Waals surface area (Å²) in [6, 6.07) is 0. The first kappa shape index (κ1) is 9.46. The summed E-state index contributed by atoms with van der Waals surface area (Å²) in [5, 5.41) is 1.59. The second-order valence-electron chi connectivity index (χ2n) is 1.99. The molecule has 0 aromatic heterocycles. The number of alkyl halides is 3. The van der Waals surface area contributed by atoms with Crippen molar-refractivity contribution in [1.29, 1.82) is 0 Å². The van der Waals surface area contributed by atoms with E-state index in [4.69, 9.17) is 46.4 Å². The van der Waals surface area contributed by atoms with Crippen molar-refractivity contribution in [2.24, 2.45) is 0 Å². The van der Waals surface area contributed by atoms with Crippen molar-refractivity contribution in [3.63, 3.8) is 0 Å². The number of hydrogen-bond acceptors (Lipinski definition) is 1. The molecule has 0 saturated carbocycles. The molecule has 1 aliphatic heterocycles. The predicted octanol–water partition coefficient (Wildman–Crippen LogP) is 1.98. The van der Waals surface area contributed by atoms with E-state index in [-0.39, 0.29) is 5.16 Å². The zero-order valence-electron chi connectivity index (χ0n) is 5.07. The van der Waals surface area contributed by atoms with Gasteiger partial charge in [0, 0.05) is 0 Å². The predicted molar refractivity (Wildman–Crippen MR) is 46.2 cm³/mol. The van der Waals surface area contributed by atoms with E-state index in [1.165, 1.54) is 6.08 Å². The lowest BCUT2D eigenvalue weighted by atomic mass is 10.2. The normalized spacial score (nSPS) is 29.3. The molecule has 6 heteroatoms. The molecule has 1 rings (SSSR count). The van der Waals surface area contributed by atoms with Crippen LogP contribution >= 0.6 is 46.4 Å².